The molecule has 1 aromatic carbocycles. The van der Waals surface area contributed by atoms with E-state index in [0.29, 0.717) is 10.2 Å². The summed E-state index contributed by atoms with van der Waals surface area (Å²) >= 11 is 0. The summed E-state index contributed by atoms with van der Waals surface area (Å²) in [6, 6.07) is 4.09. The van der Waals surface area contributed by atoms with Crippen LogP contribution in [0.1, 0.15) is 18.1 Å². The molecule has 0 fully saturated rings. The average Bonchev–Trinajstić information content (AvgIpc) is 2.06. The van der Waals surface area contributed by atoms with Gasteiger partial charge in [-0.05, 0) is 25.0 Å². The second-order valence-electron chi connectivity index (χ2n) is 5.04. The fourth-order valence-electron chi connectivity index (χ4n) is 1.71. The lowest BCUT2D eigenvalue weighted by Gasteiger charge is -2.26. The van der Waals surface area contributed by atoms with E-state index in [1.165, 1.54) is 12.5 Å². The number of carbonyl (C=O) groups is 1. The maximum atomic E-state index is 11.1. The first-order valence-electron chi connectivity index (χ1n) is 5.33. The fourth-order valence-corrected chi connectivity index (χ4v) is 1.71. The molecule has 0 aromatic heterocycles. The van der Waals surface area contributed by atoms with Crippen LogP contribution in [0.25, 0.3) is 0 Å². The van der Waals surface area contributed by atoms with E-state index >= 15 is 0 Å². The first-order valence-corrected chi connectivity index (χ1v) is 5.33. The molecule has 0 spiro atoms. The molecule has 1 rings (SSSR count). The number of quaternary nitrogens is 1. The van der Waals surface area contributed by atoms with Crippen molar-refractivity contribution in [3.63, 3.8) is 0 Å². The number of aryl methyl sites for hydroxylation is 2. The van der Waals surface area contributed by atoms with Crippen LogP contribution in [0.5, 0.6) is 5.75 Å². The molecule has 17 heavy (non-hydrogen) atoms. The van der Waals surface area contributed by atoms with Crippen LogP contribution < -0.4 is 26.2 Å². The monoisotopic (exact) mass is 301 g/mol. The van der Waals surface area contributed by atoms with Gasteiger partial charge in [0, 0.05) is 13.0 Å². The standard InChI is InChI=1S/C13H20NO2.BrH/c1-9-7-10(2)13(16-11(3)15)12(8-9)14(4,5)6;/h7-8H,1-6H3;1H/q+1;/p-1. The minimum Gasteiger partial charge on any atom is -1.00 e. The fraction of sp³-hybridized carbons (Fsp3) is 0.462. The first-order chi connectivity index (χ1) is 7.21. The van der Waals surface area contributed by atoms with Crippen LogP contribution in [-0.4, -0.2) is 27.1 Å². The van der Waals surface area contributed by atoms with Crippen LogP contribution in [0.4, 0.5) is 5.69 Å². The Morgan fingerprint density at radius 1 is 1.18 bits per heavy atom. The third-order valence-electron chi connectivity index (χ3n) is 2.37. The molecule has 96 valence electrons. The Bertz CT molecular complexity index is 422. The van der Waals surface area contributed by atoms with Crippen LogP contribution in [0, 0.1) is 13.8 Å². The Balaban J connectivity index is 0.00000256. The van der Waals surface area contributed by atoms with Crippen molar-refractivity contribution in [2.45, 2.75) is 20.8 Å². The van der Waals surface area contributed by atoms with Crippen molar-refractivity contribution >= 4 is 11.7 Å². The zero-order valence-corrected chi connectivity index (χ0v) is 12.9. The molecular formula is C13H20BrNO2. The number of benzene rings is 1. The Morgan fingerprint density at radius 2 is 1.71 bits per heavy atom. The molecule has 0 atom stereocenters. The smallest absolute Gasteiger partial charge is 0.308 e. The quantitative estimate of drug-likeness (QED) is 0.415. The lowest BCUT2D eigenvalue weighted by Crippen LogP contribution is -3.00. The molecule has 0 N–H and O–H groups in total. The highest BCUT2D eigenvalue weighted by Gasteiger charge is 2.22. The molecule has 0 aliphatic heterocycles. The van der Waals surface area contributed by atoms with Gasteiger partial charge in [-0.1, -0.05) is 6.07 Å². The molecule has 1 aromatic rings. The SMILES string of the molecule is CC(=O)Oc1c(C)cc(C)cc1[N+](C)(C)C.[Br-]. The summed E-state index contributed by atoms with van der Waals surface area (Å²) in [6.45, 7) is 5.44. The van der Waals surface area contributed by atoms with Gasteiger partial charge < -0.3 is 21.7 Å². The summed E-state index contributed by atoms with van der Waals surface area (Å²) < 4.78 is 5.93. The number of ether oxygens (including phenoxy) is 1. The Morgan fingerprint density at radius 3 is 2.12 bits per heavy atom. The largest absolute Gasteiger partial charge is 1.00 e. The molecule has 0 aliphatic rings. The number of hydrogen-bond donors (Lipinski definition) is 0. The molecule has 4 heteroatoms. The van der Waals surface area contributed by atoms with E-state index in [4.69, 9.17) is 4.74 Å². The molecule has 0 unspecified atom stereocenters. The lowest BCUT2D eigenvalue weighted by atomic mass is 10.1. The molecule has 3 nitrogen and oxygen atoms in total. The second kappa shape index (κ2) is 5.65. The van der Waals surface area contributed by atoms with E-state index in [9.17, 15) is 4.79 Å². The molecule has 0 aliphatic carbocycles. The summed E-state index contributed by atoms with van der Waals surface area (Å²) in [5.41, 5.74) is 3.20. The number of esters is 1. The number of hydrogen-bond acceptors (Lipinski definition) is 2. The van der Waals surface area contributed by atoms with Crippen LogP contribution in [0.3, 0.4) is 0 Å². The van der Waals surface area contributed by atoms with E-state index in [2.05, 4.69) is 27.2 Å². The van der Waals surface area contributed by atoms with Gasteiger partial charge in [-0.2, -0.15) is 0 Å². The van der Waals surface area contributed by atoms with Gasteiger partial charge in [-0.15, -0.1) is 0 Å². The number of rotatable bonds is 2. The van der Waals surface area contributed by atoms with Gasteiger partial charge in [0.15, 0.2) is 11.4 Å². The molecule has 0 radical (unpaired) electrons. The summed E-state index contributed by atoms with van der Waals surface area (Å²) in [5, 5.41) is 0. The summed E-state index contributed by atoms with van der Waals surface area (Å²) in [4.78, 5) is 11.1. The van der Waals surface area contributed by atoms with Gasteiger partial charge in [0.1, 0.15) is 0 Å². The maximum absolute atomic E-state index is 11.1. The average molecular weight is 302 g/mol. The van der Waals surface area contributed by atoms with Crippen molar-refractivity contribution < 1.29 is 26.5 Å². The summed E-state index contributed by atoms with van der Waals surface area (Å²) in [5.74, 6) is 0.409. The van der Waals surface area contributed by atoms with Crippen LogP contribution in [0.2, 0.25) is 0 Å². The van der Waals surface area contributed by atoms with Crippen molar-refractivity contribution in [3.8, 4) is 5.75 Å². The van der Waals surface area contributed by atoms with E-state index in [1.807, 2.05) is 19.9 Å². The number of nitrogens with zero attached hydrogens (tertiary/aromatic N) is 1. The normalized spacial score (nSPS) is 10.7. The molecule has 0 saturated carbocycles. The predicted molar refractivity (Wildman–Crippen MR) is 66.8 cm³/mol. The number of halogens is 1. The minimum atomic E-state index is -0.276. The predicted octanol–water partition coefficient (Wildman–Crippen LogP) is -0.571. The Kier molecular flexibility index (Phi) is 5.36. The van der Waals surface area contributed by atoms with Crippen molar-refractivity contribution in [2.24, 2.45) is 0 Å². The second-order valence-corrected chi connectivity index (χ2v) is 5.04. The van der Waals surface area contributed by atoms with E-state index in [-0.39, 0.29) is 23.0 Å². The van der Waals surface area contributed by atoms with Crippen LogP contribution in [-0.2, 0) is 4.79 Å². The molecule has 0 saturated heterocycles. The van der Waals surface area contributed by atoms with Crippen molar-refractivity contribution in [3.05, 3.63) is 23.3 Å². The highest BCUT2D eigenvalue weighted by molar-refractivity contribution is 5.73. The van der Waals surface area contributed by atoms with Gasteiger partial charge >= 0.3 is 5.97 Å². The van der Waals surface area contributed by atoms with Crippen LogP contribution in [0.15, 0.2) is 12.1 Å². The topological polar surface area (TPSA) is 26.3 Å². The zero-order valence-electron chi connectivity index (χ0n) is 11.3. The first kappa shape index (κ1) is 16.1. The third-order valence-corrected chi connectivity index (χ3v) is 2.37. The maximum Gasteiger partial charge on any atom is 0.308 e. The zero-order chi connectivity index (χ0) is 12.5. The summed E-state index contributed by atoms with van der Waals surface area (Å²) in [6.07, 6.45) is 0. The highest BCUT2D eigenvalue weighted by atomic mass is 79.9. The molecule has 0 amide bonds. The van der Waals surface area contributed by atoms with Gasteiger partial charge in [-0.3, -0.25) is 9.28 Å². The Labute approximate surface area is 114 Å². The van der Waals surface area contributed by atoms with Crippen LogP contribution >= 0.6 is 0 Å². The van der Waals surface area contributed by atoms with E-state index in [1.54, 1.807) is 0 Å². The lowest BCUT2D eigenvalue weighted by molar-refractivity contribution is -0.131. The van der Waals surface area contributed by atoms with E-state index < -0.39 is 0 Å². The molecule has 0 bridgehead atoms. The Hall–Kier alpha value is -0.870. The van der Waals surface area contributed by atoms with Gasteiger partial charge in [0.05, 0.1) is 21.1 Å². The van der Waals surface area contributed by atoms with Crippen molar-refractivity contribution in [1.82, 2.24) is 4.48 Å². The van der Waals surface area contributed by atoms with E-state index in [0.717, 1.165) is 11.3 Å². The number of carbonyl (C=O) groups excluding carboxylic acids is 1. The van der Waals surface area contributed by atoms with Gasteiger partial charge in [-0.25, -0.2) is 0 Å². The van der Waals surface area contributed by atoms with Gasteiger partial charge in [0.2, 0.25) is 0 Å². The molecular weight excluding hydrogens is 282 g/mol. The highest BCUT2D eigenvalue weighted by Crippen LogP contribution is 2.34. The third kappa shape index (κ3) is 4.13. The van der Waals surface area contributed by atoms with Crippen molar-refractivity contribution in [2.75, 3.05) is 21.1 Å². The van der Waals surface area contributed by atoms with Gasteiger partial charge in [0.25, 0.3) is 0 Å². The molecule has 0 heterocycles. The summed E-state index contributed by atoms with van der Waals surface area (Å²) in [7, 11) is 6.17. The minimum absolute atomic E-state index is 0. The van der Waals surface area contributed by atoms with Crippen molar-refractivity contribution in [1.29, 1.82) is 0 Å².